The number of benzene rings is 3. The van der Waals surface area contributed by atoms with E-state index in [9.17, 15) is 19.3 Å². The molecule has 3 heterocycles. The largest absolute Gasteiger partial charge is 0.497 e. The van der Waals surface area contributed by atoms with Crippen molar-refractivity contribution in [3.63, 3.8) is 0 Å². The number of piperidine rings is 1. The number of imidazole rings is 1. The topological polar surface area (TPSA) is 143 Å². The Morgan fingerprint density at radius 3 is 2.50 bits per heavy atom. The number of nitrogens with zero attached hydrogens (tertiary/aromatic N) is 2. The van der Waals surface area contributed by atoms with Gasteiger partial charge in [0.2, 0.25) is 0 Å². The number of hydrogen-bond donors (Lipinski definition) is 4. The van der Waals surface area contributed by atoms with Crippen molar-refractivity contribution in [1.82, 2.24) is 19.4 Å². The number of nitrogens with one attached hydrogen (secondary N) is 4. The Balaban J connectivity index is 1.30. The van der Waals surface area contributed by atoms with Crippen LogP contribution in [0, 0.1) is 4.91 Å². The van der Waals surface area contributed by atoms with E-state index in [2.05, 4.69) is 15.3 Å². The van der Waals surface area contributed by atoms with Gasteiger partial charge in [0.25, 0.3) is 17.5 Å². The minimum absolute atomic E-state index is 0.0464. The number of carbonyl (C=O) groups is 2. The Morgan fingerprint density at radius 2 is 1.73 bits per heavy atom. The third-order valence-electron chi connectivity index (χ3n) is 7.48. The molecule has 3 aromatic carbocycles. The van der Waals surface area contributed by atoms with Crippen molar-refractivity contribution >= 4 is 45.1 Å². The van der Waals surface area contributed by atoms with Crippen LogP contribution in [0.3, 0.4) is 0 Å². The van der Waals surface area contributed by atoms with Crippen LogP contribution < -0.4 is 20.9 Å². The van der Waals surface area contributed by atoms with Crippen LogP contribution >= 0.6 is 0 Å². The highest BCUT2D eigenvalue weighted by Crippen LogP contribution is 2.34. The van der Waals surface area contributed by atoms with E-state index < -0.39 is 5.91 Å². The maximum Gasteiger partial charge on any atom is 0.326 e. The van der Waals surface area contributed by atoms with Crippen molar-refractivity contribution in [2.75, 3.05) is 25.5 Å². The van der Waals surface area contributed by atoms with E-state index in [4.69, 9.17) is 4.74 Å². The van der Waals surface area contributed by atoms with Gasteiger partial charge in [-0.3, -0.25) is 14.2 Å². The molecule has 40 heavy (non-hydrogen) atoms. The summed E-state index contributed by atoms with van der Waals surface area (Å²) in [5.41, 5.74) is 2.93. The van der Waals surface area contributed by atoms with Gasteiger partial charge in [0, 0.05) is 46.2 Å². The molecule has 5 aromatic rings. The van der Waals surface area contributed by atoms with E-state index in [0.29, 0.717) is 48.3 Å². The average Bonchev–Trinajstić information content (AvgIpc) is 3.52. The minimum atomic E-state index is -0.533. The number of hydrogen-bond acceptors (Lipinski definition) is 5. The van der Waals surface area contributed by atoms with E-state index >= 15 is 0 Å². The summed E-state index contributed by atoms with van der Waals surface area (Å²) in [6.45, 7) is 0.870. The maximum atomic E-state index is 13.8. The molecular formula is C29H27N6O5+. The molecule has 11 heteroatoms. The van der Waals surface area contributed by atoms with Gasteiger partial charge in [0.05, 0.1) is 23.8 Å². The van der Waals surface area contributed by atoms with Gasteiger partial charge in [-0.2, -0.15) is 0 Å². The lowest BCUT2D eigenvalue weighted by Crippen LogP contribution is -2.56. The maximum absolute atomic E-state index is 13.8. The van der Waals surface area contributed by atoms with Gasteiger partial charge in [-0.05, 0) is 49.2 Å². The normalized spacial score (nSPS) is 14.0. The third-order valence-corrected chi connectivity index (χ3v) is 7.48. The van der Waals surface area contributed by atoms with Crippen molar-refractivity contribution in [2.45, 2.75) is 18.9 Å². The zero-order chi connectivity index (χ0) is 27.8. The molecule has 1 aliphatic heterocycles. The predicted molar refractivity (Wildman–Crippen MR) is 150 cm³/mol. The Labute approximate surface area is 227 Å². The number of aromatic amines is 2. The zero-order valence-corrected chi connectivity index (χ0v) is 21.7. The summed E-state index contributed by atoms with van der Waals surface area (Å²) in [5.74, 6) is -0.243. The van der Waals surface area contributed by atoms with E-state index in [1.807, 2.05) is 24.3 Å². The Hall–Kier alpha value is -5.19. The van der Waals surface area contributed by atoms with Gasteiger partial charge in [-0.1, -0.05) is 24.3 Å². The molecule has 2 aromatic heterocycles. The van der Waals surface area contributed by atoms with Gasteiger partial charge in [-0.15, -0.1) is 0 Å². The standard InChI is InChI=1S/C29H26N6O5/c1-40-18-10-11-21-20(16-18)25(32-27(36)19-6-2-3-7-22(19)33-39)26(30-21)28(37)34-14-12-17(13-15-34)35-24-9-5-4-8-23(24)31-29(35)38/h2-11,16-17,30H,12-15H2,1H3,(H,31,38)(H,32,36)/p+1. The summed E-state index contributed by atoms with van der Waals surface area (Å²) in [5, 5.41) is 5.24. The molecule has 202 valence electrons. The van der Waals surface area contributed by atoms with Gasteiger partial charge in [0.1, 0.15) is 17.0 Å². The Bertz CT molecular complexity index is 1830. The lowest BCUT2D eigenvalue weighted by Gasteiger charge is -2.32. The number of carbonyl (C=O) groups excluding carboxylic acids is 2. The molecule has 1 aliphatic rings. The van der Waals surface area contributed by atoms with Crippen LogP contribution in [0.2, 0.25) is 0 Å². The Kier molecular flexibility index (Phi) is 6.39. The number of H-pyrrole nitrogens is 2. The second-order valence-electron chi connectivity index (χ2n) is 9.73. The van der Waals surface area contributed by atoms with Crippen LogP contribution in [0.25, 0.3) is 21.9 Å². The summed E-state index contributed by atoms with van der Waals surface area (Å²) in [4.78, 5) is 59.0. The number of rotatable bonds is 6. The lowest BCUT2D eigenvalue weighted by molar-refractivity contribution is -0.379. The first-order valence-electron chi connectivity index (χ1n) is 12.9. The Morgan fingerprint density at radius 1 is 0.975 bits per heavy atom. The van der Waals surface area contributed by atoms with Crippen molar-refractivity contribution in [3.05, 3.63) is 93.4 Å². The van der Waals surface area contributed by atoms with Crippen molar-refractivity contribution in [2.24, 2.45) is 0 Å². The number of nitroso groups, excluding NO2 is 1. The second kappa shape index (κ2) is 10.2. The molecule has 0 spiro atoms. The van der Waals surface area contributed by atoms with Gasteiger partial charge >= 0.3 is 5.69 Å². The molecule has 0 unspecified atom stereocenters. The molecule has 4 N–H and O–H groups in total. The molecule has 0 atom stereocenters. The van der Waals surface area contributed by atoms with E-state index in [0.717, 1.165) is 11.0 Å². The lowest BCUT2D eigenvalue weighted by atomic mass is 10.0. The van der Waals surface area contributed by atoms with Crippen molar-refractivity contribution in [3.8, 4) is 5.75 Å². The molecule has 0 saturated carbocycles. The molecule has 6 rings (SSSR count). The van der Waals surface area contributed by atoms with E-state index in [-0.39, 0.29) is 34.6 Å². The number of methoxy groups -OCH3 is 1. The van der Waals surface area contributed by atoms with Gasteiger partial charge in [-0.25, -0.2) is 4.79 Å². The number of anilines is 1. The first-order valence-corrected chi connectivity index (χ1v) is 12.9. The molecule has 0 bridgehead atoms. The fourth-order valence-corrected chi connectivity index (χ4v) is 5.46. The fraction of sp³-hybridized carbons (Fsp3) is 0.207. The minimum Gasteiger partial charge on any atom is -0.497 e. The predicted octanol–water partition coefficient (Wildman–Crippen LogP) is 3.03. The first-order chi connectivity index (χ1) is 19.5. The highest BCUT2D eigenvalue weighted by Gasteiger charge is 2.30. The highest BCUT2D eigenvalue weighted by molar-refractivity contribution is 6.16. The summed E-state index contributed by atoms with van der Waals surface area (Å²) >= 11 is 0. The first kappa shape index (κ1) is 25.1. The molecule has 0 radical (unpaired) electrons. The molecule has 0 aliphatic carbocycles. The number of aromatic nitrogens is 3. The van der Waals surface area contributed by atoms with Crippen LogP contribution in [0.1, 0.15) is 39.7 Å². The molecule has 1 fully saturated rings. The van der Waals surface area contributed by atoms with E-state index in [1.165, 1.54) is 19.2 Å². The SMILES string of the molecule is COc1ccc2[nH]c(C(=O)N3CCC(n4c(=O)[nH]c5ccccc54)CC3)c(NC(=O)c3ccccc3[NH+]=O)c2c1. The number of likely N-dealkylation sites (tertiary alicyclic amines) is 1. The summed E-state index contributed by atoms with van der Waals surface area (Å²) in [6.07, 6.45) is 1.21. The number of amides is 2. The monoisotopic (exact) mass is 539 g/mol. The average molecular weight is 540 g/mol. The van der Waals surface area contributed by atoms with Crippen molar-refractivity contribution in [1.29, 1.82) is 0 Å². The summed E-state index contributed by atoms with van der Waals surface area (Å²) < 4.78 is 7.15. The molecule has 2 amide bonds. The molecular weight excluding hydrogens is 512 g/mol. The molecule has 11 nitrogen and oxygen atoms in total. The smallest absolute Gasteiger partial charge is 0.326 e. The van der Waals surface area contributed by atoms with Crippen LogP contribution in [0.15, 0.2) is 71.5 Å². The number of para-hydroxylation sites is 3. The van der Waals surface area contributed by atoms with Crippen LogP contribution in [-0.4, -0.2) is 51.4 Å². The highest BCUT2D eigenvalue weighted by atomic mass is 16.5. The number of fused-ring (bicyclic) bond motifs is 2. The fourth-order valence-electron chi connectivity index (χ4n) is 5.46. The number of ether oxygens (including phenoxy) is 1. The van der Waals surface area contributed by atoms with Crippen LogP contribution in [0.4, 0.5) is 11.4 Å². The third kappa shape index (κ3) is 4.31. The molecule has 1 saturated heterocycles. The van der Waals surface area contributed by atoms with Crippen molar-refractivity contribution < 1.29 is 19.5 Å². The second-order valence-corrected chi connectivity index (χ2v) is 9.73. The summed E-state index contributed by atoms with van der Waals surface area (Å²) in [6, 6.07) is 19.2. The summed E-state index contributed by atoms with van der Waals surface area (Å²) in [7, 11) is 1.54. The quantitative estimate of drug-likeness (QED) is 0.262. The van der Waals surface area contributed by atoms with Crippen LogP contribution in [0.5, 0.6) is 5.75 Å². The van der Waals surface area contributed by atoms with E-state index in [1.54, 1.807) is 45.0 Å². The van der Waals surface area contributed by atoms with Gasteiger partial charge in [0.15, 0.2) is 0 Å². The zero-order valence-electron chi connectivity index (χ0n) is 21.7. The van der Waals surface area contributed by atoms with Crippen LogP contribution in [-0.2, 0) is 0 Å². The van der Waals surface area contributed by atoms with Gasteiger partial charge < -0.3 is 24.9 Å².